The lowest BCUT2D eigenvalue weighted by molar-refractivity contribution is -0.156. The zero-order valence-corrected chi connectivity index (χ0v) is 12.5. The third kappa shape index (κ3) is 3.22. The van der Waals surface area contributed by atoms with Crippen LogP contribution < -0.4 is 11.1 Å². The zero-order chi connectivity index (χ0) is 14.3. The molecule has 0 spiro atoms. The van der Waals surface area contributed by atoms with E-state index in [1.165, 1.54) is 11.8 Å². The Labute approximate surface area is 118 Å². The Balaban J connectivity index is 2.25. The molecule has 3 N–H and O–H groups in total. The molecule has 2 unspecified atom stereocenters. The summed E-state index contributed by atoms with van der Waals surface area (Å²) in [5, 5.41) is 3.19. The number of rotatable bonds is 1. The monoisotopic (exact) mass is 280 g/mol. The smallest absolute Gasteiger partial charge is 0.331 e. The van der Waals surface area contributed by atoms with Gasteiger partial charge < -0.3 is 15.8 Å². The highest BCUT2D eigenvalue weighted by Crippen LogP contribution is 2.42. The first-order valence-corrected chi connectivity index (χ1v) is 7.07. The molecule has 104 valence electrons. The second-order valence-corrected chi connectivity index (χ2v) is 7.42. The molecule has 2 atom stereocenters. The van der Waals surface area contributed by atoms with Crippen LogP contribution >= 0.6 is 11.8 Å². The molecule has 0 saturated carbocycles. The van der Waals surface area contributed by atoms with Gasteiger partial charge in [0.2, 0.25) is 0 Å². The van der Waals surface area contributed by atoms with Crippen molar-refractivity contribution in [2.24, 2.45) is 5.73 Å². The Morgan fingerprint density at radius 2 is 2.05 bits per heavy atom. The van der Waals surface area contributed by atoms with E-state index in [0.717, 1.165) is 10.6 Å². The van der Waals surface area contributed by atoms with Crippen molar-refractivity contribution in [3.05, 3.63) is 24.3 Å². The average molecular weight is 280 g/mol. The van der Waals surface area contributed by atoms with Gasteiger partial charge in [-0.15, -0.1) is 0 Å². The summed E-state index contributed by atoms with van der Waals surface area (Å²) in [5.74, 6) is -0.320. The fourth-order valence-corrected chi connectivity index (χ4v) is 3.05. The molecule has 0 bridgehead atoms. The van der Waals surface area contributed by atoms with Crippen molar-refractivity contribution in [2.45, 2.75) is 49.1 Å². The summed E-state index contributed by atoms with van der Waals surface area (Å²) in [5.41, 5.74) is 6.66. The topological polar surface area (TPSA) is 64.3 Å². The Kier molecular flexibility index (Phi) is 3.53. The van der Waals surface area contributed by atoms with Crippen LogP contribution in [0.5, 0.6) is 0 Å². The van der Waals surface area contributed by atoms with Gasteiger partial charge in [-0.25, -0.2) is 4.79 Å². The van der Waals surface area contributed by atoms with Crippen LogP contribution in [0.4, 0.5) is 5.69 Å². The molecular weight excluding hydrogens is 260 g/mol. The number of hydrogen-bond acceptors (Lipinski definition) is 5. The van der Waals surface area contributed by atoms with Gasteiger partial charge in [0.15, 0.2) is 6.04 Å². The Morgan fingerprint density at radius 3 is 2.68 bits per heavy atom. The molecule has 1 heterocycles. The molecule has 1 aromatic carbocycles. The summed E-state index contributed by atoms with van der Waals surface area (Å²) < 4.78 is 5.43. The van der Waals surface area contributed by atoms with E-state index < -0.39 is 16.5 Å². The van der Waals surface area contributed by atoms with Crippen LogP contribution in [0, 0.1) is 0 Å². The second kappa shape index (κ2) is 4.72. The van der Waals surface area contributed by atoms with Gasteiger partial charge in [0.25, 0.3) is 0 Å². The number of esters is 1. The molecule has 2 rings (SSSR count). The molecule has 0 radical (unpaired) electrons. The third-order valence-electron chi connectivity index (χ3n) is 2.73. The number of fused-ring (bicyclic) bond motifs is 1. The van der Waals surface area contributed by atoms with Gasteiger partial charge in [-0.2, -0.15) is 0 Å². The number of carbonyl (C=O) groups is 1. The van der Waals surface area contributed by atoms with Crippen molar-refractivity contribution >= 4 is 23.4 Å². The van der Waals surface area contributed by atoms with Gasteiger partial charge in [0.1, 0.15) is 5.60 Å². The van der Waals surface area contributed by atoms with Crippen LogP contribution in [0.2, 0.25) is 0 Å². The van der Waals surface area contributed by atoms with Crippen LogP contribution in [0.1, 0.15) is 27.7 Å². The minimum absolute atomic E-state index is 0.320. The number of carbonyl (C=O) groups excluding carboxylic acids is 1. The van der Waals surface area contributed by atoms with E-state index >= 15 is 0 Å². The second-order valence-electron chi connectivity index (χ2n) is 5.89. The van der Waals surface area contributed by atoms with Gasteiger partial charge in [-0.3, -0.25) is 0 Å². The predicted octanol–water partition coefficient (Wildman–Crippen LogP) is 2.59. The quantitative estimate of drug-likeness (QED) is 0.774. The standard InChI is InChI=1S/C14H20N2O2S/c1-13(2,3)18-12(17)11-14(4,15)19-10-8-6-5-7-9(10)16-11/h5-8,11,16H,15H2,1-4H3. The number of nitrogens with one attached hydrogen (secondary N) is 1. The van der Waals surface area contributed by atoms with Crippen molar-refractivity contribution in [3.8, 4) is 0 Å². The third-order valence-corrected chi connectivity index (χ3v) is 3.98. The number of thioether (sulfide) groups is 1. The minimum atomic E-state index is -0.739. The molecule has 0 amide bonds. The van der Waals surface area contributed by atoms with Crippen LogP contribution in [-0.2, 0) is 9.53 Å². The lowest BCUT2D eigenvalue weighted by atomic mass is 10.1. The number of ether oxygens (including phenoxy) is 1. The Bertz CT molecular complexity index is 494. The first kappa shape index (κ1) is 14.2. The van der Waals surface area contributed by atoms with Gasteiger partial charge in [-0.05, 0) is 39.8 Å². The SMILES string of the molecule is CC(C)(C)OC(=O)C1Nc2ccccc2SC1(C)N. The number of hydrogen-bond donors (Lipinski definition) is 2. The maximum Gasteiger partial charge on any atom is 0.331 e. The summed E-state index contributed by atoms with van der Waals surface area (Å²) in [6.07, 6.45) is 0. The molecule has 0 fully saturated rings. The summed E-state index contributed by atoms with van der Waals surface area (Å²) in [4.78, 5) is 12.6. The normalized spacial score (nSPS) is 26.3. The van der Waals surface area contributed by atoms with Gasteiger partial charge in [0.05, 0.1) is 4.87 Å². The van der Waals surface area contributed by atoms with E-state index in [0.29, 0.717) is 0 Å². The maximum atomic E-state index is 12.3. The molecular formula is C14H20N2O2S. The van der Waals surface area contributed by atoms with Gasteiger partial charge in [0, 0.05) is 10.6 Å². The highest BCUT2D eigenvalue weighted by atomic mass is 32.2. The lowest BCUT2D eigenvalue weighted by Crippen LogP contribution is -2.56. The predicted molar refractivity (Wildman–Crippen MR) is 78.1 cm³/mol. The van der Waals surface area contributed by atoms with E-state index in [1.54, 1.807) is 0 Å². The van der Waals surface area contributed by atoms with Gasteiger partial charge in [-0.1, -0.05) is 23.9 Å². The minimum Gasteiger partial charge on any atom is -0.458 e. The van der Waals surface area contributed by atoms with E-state index in [1.807, 2.05) is 52.0 Å². The molecule has 1 aromatic rings. The highest BCUT2D eigenvalue weighted by molar-refractivity contribution is 8.01. The molecule has 0 aliphatic carbocycles. The maximum absolute atomic E-state index is 12.3. The van der Waals surface area contributed by atoms with Crippen molar-refractivity contribution in [3.63, 3.8) is 0 Å². The first-order chi connectivity index (χ1) is 8.69. The summed E-state index contributed by atoms with van der Waals surface area (Å²) in [6.45, 7) is 7.39. The molecule has 1 aliphatic rings. The summed E-state index contributed by atoms with van der Waals surface area (Å²) >= 11 is 1.49. The number of anilines is 1. The highest BCUT2D eigenvalue weighted by Gasteiger charge is 2.43. The molecule has 1 aliphatic heterocycles. The van der Waals surface area contributed by atoms with Crippen LogP contribution in [0.15, 0.2) is 29.2 Å². The van der Waals surface area contributed by atoms with E-state index in [9.17, 15) is 4.79 Å². The van der Waals surface area contributed by atoms with Crippen LogP contribution in [-0.4, -0.2) is 22.5 Å². The number of para-hydroxylation sites is 1. The molecule has 0 aromatic heterocycles. The van der Waals surface area contributed by atoms with Crippen LogP contribution in [0.3, 0.4) is 0 Å². The fourth-order valence-electron chi connectivity index (χ4n) is 1.92. The first-order valence-electron chi connectivity index (χ1n) is 6.25. The molecule has 0 saturated heterocycles. The van der Waals surface area contributed by atoms with Gasteiger partial charge >= 0.3 is 5.97 Å². The van der Waals surface area contributed by atoms with Crippen molar-refractivity contribution < 1.29 is 9.53 Å². The number of benzene rings is 1. The van der Waals surface area contributed by atoms with Crippen molar-refractivity contribution in [2.75, 3.05) is 5.32 Å². The summed E-state index contributed by atoms with van der Waals surface area (Å²) in [7, 11) is 0. The van der Waals surface area contributed by atoms with E-state index in [-0.39, 0.29) is 5.97 Å². The Hall–Kier alpha value is -1.20. The number of nitrogens with two attached hydrogens (primary N) is 1. The molecule has 4 nitrogen and oxygen atoms in total. The van der Waals surface area contributed by atoms with Crippen molar-refractivity contribution in [1.29, 1.82) is 0 Å². The van der Waals surface area contributed by atoms with E-state index in [2.05, 4.69) is 5.32 Å². The largest absolute Gasteiger partial charge is 0.458 e. The van der Waals surface area contributed by atoms with Crippen molar-refractivity contribution in [1.82, 2.24) is 0 Å². The Morgan fingerprint density at radius 1 is 1.42 bits per heavy atom. The van der Waals surface area contributed by atoms with E-state index in [4.69, 9.17) is 10.5 Å². The molecule has 5 heteroatoms. The zero-order valence-electron chi connectivity index (χ0n) is 11.7. The average Bonchev–Trinajstić information content (AvgIpc) is 2.24. The van der Waals surface area contributed by atoms with Crippen LogP contribution in [0.25, 0.3) is 0 Å². The molecule has 19 heavy (non-hydrogen) atoms. The fraction of sp³-hybridized carbons (Fsp3) is 0.500. The lowest BCUT2D eigenvalue weighted by Gasteiger charge is -2.39. The summed E-state index contributed by atoms with van der Waals surface area (Å²) in [6, 6.07) is 7.25.